The lowest BCUT2D eigenvalue weighted by Crippen LogP contribution is -2.16. The number of aromatic nitrogens is 2. The minimum Gasteiger partial charge on any atom is -0.388 e. The normalized spacial score (nSPS) is 18.0. The molecule has 1 saturated carbocycles. The van der Waals surface area contributed by atoms with Gasteiger partial charge in [-0.05, 0) is 30.4 Å². The summed E-state index contributed by atoms with van der Waals surface area (Å²) in [5.41, 5.74) is 4.39. The number of aliphatic hydroxyl groups excluding tert-OH is 1. The number of aliphatic hydroxyl groups is 1. The maximum atomic E-state index is 11.4. The van der Waals surface area contributed by atoms with E-state index in [2.05, 4.69) is 46.9 Å². The van der Waals surface area contributed by atoms with Gasteiger partial charge in [0, 0.05) is 42.4 Å². The fourth-order valence-corrected chi connectivity index (χ4v) is 3.75. The summed E-state index contributed by atoms with van der Waals surface area (Å²) in [5, 5.41) is 17.0. The summed E-state index contributed by atoms with van der Waals surface area (Å²) in [5.74, 6) is 0.404. The van der Waals surface area contributed by atoms with Gasteiger partial charge in [0.1, 0.15) is 6.61 Å². The van der Waals surface area contributed by atoms with Gasteiger partial charge in [0.05, 0.1) is 6.20 Å². The Bertz CT molecular complexity index is 934. The third kappa shape index (κ3) is 5.19. The minimum atomic E-state index is -0.441. The molecule has 3 aromatic rings. The predicted octanol–water partition coefficient (Wildman–Crippen LogP) is 3.34. The number of carbonyl (C=O) groups excluding carboxylic acids is 1. The molecule has 0 radical (unpaired) electrons. The van der Waals surface area contributed by atoms with E-state index in [1.165, 1.54) is 23.1 Å². The van der Waals surface area contributed by atoms with Crippen molar-refractivity contribution in [2.24, 2.45) is 0 Å². The summed E-state index contributed by atoms with van der Waals surface area (Å²) in [7, 11) is 0. The molecule has 2 unspecified atom stereocenters. The summed E-state index contributed by atoms with van der Waals surface area (Å²) in [4.78, 5) is 11.4. The zero-order valence-corrected chi connectivity index (χ0v) is 16.5. The van der Waals surface area contributed by atoms with E-state index in [0.29, 0.717) is 17.5 Å². The van der Waals surface area contributed by atoms with Crippen molar-refractivity contribution < 1.29 is 9.90 Å². The van der Waals surface area contributed by atoms with E-state index in [1.807, 2.05) is 23.0 Å². The fraction of sp³-hybridized carbons (Fsp3) is 0.333. The molecular formula is C24H27N3O2. The molecule has 0 amide bonds. The van der Waals surface area contributed by atoms with Crippen molar-refractivity contribution in [3.05, 3.63) is 89.2 Å². The second-order valence-electron chi connectivity index (χ2n) is 7.73. The molecule has 1 fully saturated rings. The van der Waals surface area contributed by atoms with Crippen LogP contribution in [0.15, 0.2) is 67.0 Å². The molecule has 1 aromatic heterocycles. The van der Waals surface area contributed by atoms with Crippen LogP contribution in [-0.2, 0) is 19.5 Å². The first-order valence-corrected chi connectivity index (χ1v) is 10.3. The van der Waals surface area contributed by atoms with E-state index in [-0.39, 0.29) is 5.78 Å². The number of Topliss-reactive ketones (excluding diaryl/α,β-unsaturated/α-hetero) is 1. The first-order chi connectivity index (χ1) is 14.2. The molecule has 0 bridgehead atoms. The summed E-state index contributed by atoms with van der Waals surface area (Å²) in [6.07, 6.45) is 7.20. The van der Waals surface area contributed by atoms with Crippen LogP contribution in [0.25, 0.3) is 0 Å². The predicted molar refractivity (Wildman–Crippen MR) is 113 cm³/mol. The number of carbonyl (C=O) groups is 1. The van der Waals surface area contributed by atoms with Crippen molar-refractivity contribution >= 4 is 5.78 Å². The minimum absolute atomic E-state index is 0.240. The lowest BCUT2D eigenvalue weighted by molar-refractivity contribution is 0.0903. The average Bonchev–Trinajstić information content (AvgIpc) is 3.42. The van der Waals surface area contributed by atoms with E-state index < -0.39 is 6.61 Å². The molecule has 0 aliphatic heterocycles. The van der Waals surface area contributed by atoms with Gasteiger partial charge >= 0.3 is 0 Å². The van der Waals surface area contributed by atoms with Crippen LogP contribution in [-0.4, -0.2) is 33.3 Å². The Morgan fingerprint density at radius 3 is 2.66 bits per heavy atom. The van der Waals surface area contributed by atoms with Gasteiger partial charge in [-0.2, -0.15) is 5.10 Å². The van der Waals surface area contributed by atoms with Gasteiger partial charge in [-0.25, -0.2) is 0 Å². The van der Waals surface area contributed by atoms with Crippen molar-refractivity contribution in [3.8, 4) is 0 Å². The number of hydrogen-bond acceptors (Lipinski definition) is 4. The molecule has 5 heteroatoms. The smallest absolute Gasteiger partial charge is 0.188 e. The van der Waals surface area contributed by atoms with Crippen LogP contribution in [0.3, 0.4) is 0 Å². The molecule has 1 aliphatic rings. The maximum Gasteiger partial charge on any atom is 0.188 e. The molecule has 4 rings (SSSR count). The van der Waals surface area contributed by atoms with E-state index in [0.717, 1.165) is 25.9 Å². The Morgan fingerprint density at radius 1 is 1.10 bits per heavy atom. The number of nitrogens with zero attached hydrogens (tertiary/aromatic N) is 2. The van der Waals surface area contributed by atoms with Crippen LogP contribution < -0.4 is 5.32 Å². The molecule has 1 aliphatic carbocycles. The lowest BCUT2D eigenvalue weighted by atomic mass is 10.1. The topological polar surface area (TPSA) is 67.2 Å². The highest BCUT2D eigenvalue weighted by Crippen LogP contribution is 2.40. The van der Waals surface area contributed by atoms with Crippen LogP contribution in [0.5, 0.6) is 0 Å². The molecule has 5 nitrogen and oxygen atoms in total. The van der Waals surface area contributed by atoms with Gasteiger partial charge in [0.15, 0.2) is 5.78 Å². The summed E-state index contributed by atoms with van der Waals surface area (Å²) < 4.78 is 2.00. The van der Waals surface area contributed by atoms with Gasteiger partial charge in [-0.3, -0.25) is 9.48 Å². The monoisotopic (exact) mass is 389 g/mol. The highest BCUT2D eigenvalue weighted by Gasteiger charge is 2.37. The molecule has 150 valence electrons. The Labute approximate surface area is 171 Å². The number of nitrogens with one attached hydrogen (secondary N) is 1. The molecular weight excluding hydrogens is 362 g/mol. The quantitative estimate of drug-likeness (QED) is 0.522. The number of ketones is 1. The second kappa shape index (κ2) is 9.16. The number of aryl methyl sites for hydroxylation is 2. The standard InChI is InChI=1S/C24H27N3O2/c28-17-24(29)21-10-8-18(9-11-21)5-4-12-27-16-19(15-26-27)14-25-23-13-22(23)20-6-2-1-3-7-20/h1-3,6-11,15-16,22-23,25,28H,4-5,12-14,17H2. The third-order valence-corrected chi connectivity index (χ3v) is 5.55. The Morgan fingerprint density at radius 2 is 1.90 bits per heavy atom. The van der Waals surface area contributed by atoms with E-state index in [1.54, 1.807) is 12.1 Å². The molecule has 29 heavy (non-hydrogen) atoms. The SMILES string of the molecule is O=C(CO)c1ccc(CCCn2cc(CNC3CC3c3ccccc3)cn2)cc1. The zero-order valence-electron chi connectivity index (χ0n) is 16.5. The lowest BCUT2D eigenvalue weighted by Gasteiger charge is -2.04. The van der Waals surface area contributed by atoms with E-state index >= 15 is 0 Å². The second-order valence-corrected chi connectivity index (χ2v) is 7.73. The molecule has 1 heterocycles. The van der Waals surface area contributed by atoms with Crippen LogP contribution in [0, 0.1) is 0 Å². The highest BCUT2D eigenvalue weighted by molar-refractivity contribution is 5.96. The average molecular weight is 389 g/mol. The van der Waals surface area contributed by atoms with E-state index in [4.69, 9.17) is 5.11 Å². The Kier molecular flexibility index (Phi) is 6.17. The van der Waals surface area contributed by atoms with Gasteiger partial charge in [-0.15, -0.1) is 0 Å². The van der Waals surface area contributed by atoms with Crippen LogP contribution in [0.1, 0.15) is 45.8 Å². The van der Waals surface area contributed by atoms with Gasteiger partial charge < -0.3 is 10.4 Å². The van der Waals surface area contributed by atoms with Gasteiger partial charge in [0.25, 0.3) is 0 Å². The van der Waals surface area contributed by atoms with Crippen molar-refractivity contribution in [1.82, 2.24) is 15.1 Å². The zero-order chi connectivity index (χ0) is 20.1. The van der Waals surface area contributed by atoms with Gasteiger partial charge in [0.2, 0.25) is 0 Å². The summed E-state index contributed by atoms with van der Waals surface area (Å²) in [6, 6.07) is 18.8. The molecule has 2 N–H and O–H groups in total. The Hall–Kier alpha value is -2.76. The fourth-order valence-electron chi connectivity index (χ4n) is 3.75. The largest absolute Gasteiger partial charge is 0.388 e. The molecule has 2 aromatic carbocycles. The maximum absolute atomic E-state index is 11.4. The summed E-state index contributed by atoms with van der Waals surface area (Å²) in [6.45, 7) is 1.28. The number of hydrogen-bond donors (Lipinski definition) is 2. The van der Waals surface area contributed by atoms with Crippen LogP contribution in [0.2, 0.25) is 0 Å². The Balaban J connectivity index is 1.18. The van der Waals surface area contributed by atoms with Crippen LogP contribution >= 0.6 is 0 Å². The van der Waals surface area contributed by atoms with Crippen molar-refractivity contribution in [1.29, 1.82) is 0 Å². The first kappa shape index (κ1) is 19.6. The molecule has 0 saturated heterocycles. The first-order valence-electron chi connectivity index (χ1n) is 10.3. The summed E-state index contributed by atoms with van der Waals surface area (Å²) >= 11 is 0. The van der Waals surface area contributed by atoms with Crippen molar-refractivity contribution in [3.63, 3.8) is 0 Å². The number of rotatable bonds is 10. The molecule has 2 atom stereocenters. The van der Waals surface area contributed by atoms with E-state index in [9.17, 15) is 4.79 Å². The number of benzene rings is 2. The van der Waals surface area contributed by atoms with Crippen molar-refractivity contribution in [2.45, 2.75) is 44.3 Å². The molecule has 0 spiro atoms. The third-order valence-electron chi connectivity index (χ3n) is 5.55. The van der Waals surface area contributed by atoms with Crippen LogP contribution in [0.4, 0.5) is 0 Å². The van der Waals surface area contributed by atoms with Gasteiger partial charge in [-0.1, -0.05) is 54.6 Å². The van der Waals surface area contributed by atoms with Crippen molar-refractivity contribution in [2.75, 3.05) is 6.61 Å². The highest BCUT2D eigenvalue weighted by atomic mass is 16.3.